The first-order chi connectivity index (χ1) is 10.8. The van der Waals surface area contributed by atoms with Gasteiger partial charge in [-0.3, -0.25) is 0 Å². The van der Waals surface area contributed by atoms with E-state index in [0.29, 0.717) is 12.4 Å². The maximum atomic E-state index is 5.85. The molecule has 0 unspecified atom stereocenters. The summed E-state index contributed by atoms with van der Waals surface area (Å²) in [6.45, 7) is 2.39. The van der Waals surface area contributed by atoms with E-state index in [0.717, 1.165) is 22.7 Å². The van der Waals surface area contributed by atoms with E-state index in [9.17, 15) is 0 Å². The summed E-state index contributed by atoms with van der Waals surface area (Å²) in [7, 11) is 1.65. The molecular weight excluding hydrogens is 276 g/mol. The number of aromatic nitrogens is 2. The van der Waals surface area contributed by atoms with Gasteiger partial charge < -0.3 is 13.9 Å². The number of rotatable bonds is 5. The van der Waals surface area contributed by atoms with Gasteiger partial charge in [0.05, 0.1) is 12.8 Å². The molecule has 0 saturated heterocycles. The quantitative estimate of drug-likeness (QED) is 0.714. The zero-order valence-electron chi connectivity index (χ0n) is 12.7. The number of fused-ring (bicyclic) bond motifs is 1. The van der Waals surface area contributed by atoms with Crippen molar-refractivity contribution in [3.05, 3.63) is 66.1 Å². The molecule has 0 aliphatic rings. The van der Waals surface area contributed by atoms with Crippen LogP contribution in [0.2, 0.25) is 0 Å². The monoisotopic (exact) mass is 294 g/mol. The topological polar surface area (TPSA) is 35.8 Å². The van der Waals surface area contributed by atoms with E-state index in [1.54, 1.807) is 7.11 Å². The largest absolute Gasteiger partial charge is 0.493 e. The first kappa shape index (κ1) is 14.2. The van der Waals surface area contributed by atoms with E-state index in [1.807, 2.05) is 72.3 Å². The minimum absolute atomic E-state index is 0.404. The average molecular weight is 294 g/mol. The maximum Gasteiger partial charge on any atom is 0.161 e. The minimum Gasteiger partial charge on any atom is -0.493 e. The zero-order valence-corrected chi connectivity index (χ0v) is 12.7. The SMILES string of the molecule is CC=Cc1ccc(OCc2cn3ccccc3n2)c(OC)c1. The smallest absolute Gasteiger partial charge is 0.161 e. The number of imidazole rings is 1. The highest BCUT2D eigenvalue weighted by Gasteiger charge is 2.07. The Morgan fingerprint density at radius 2 is 2.09 bits per heavy atom. The molecule has 4 nitrogen and oxygen atoms in total. The first-order valence-corrected chi connectivity index (χ1v) is 7.16. The van der Waals surface area contributed by atoms with Crippen molar-refractivity contribution in [1.29, 1.82) is 0 Å². The fraction of sp³-hybridized carbons (Fsp3) is 0.167. The van der Waals surface area contributed by atoms with Crippen molar-refractivity contribution in [1.82, 2.24) is 9.38 Å². The Bertz CT molecular complexity index is 773. The second-order valence-electron chi connectivity index (χ2n) is 4.90. The summed E-state index contributed by atoms with van der Waals surface area (Å²) < 4.78 is 13.2. The number of ether oxygens (including phenoxy) is 2. The van der Waals surface area contributed by atoms with Gasteiger partial charge in [-0.15, -0.1) is 0 Å². The van der Waals surface area contributed by atoms with Gasteiger partial charge in [0.15, 0.2) is 11.5 Å². The Hall–Kier alpha value is -2.75. The van der Waals surface area contributed by atoms with Gasteiger partial charge in [-0.25, -0.2) is 4.98 Å². The van der Waals surface area contributed by atoms with Crippen LogP contribution in [0.5, 0.6) is 11.5 Å². The van der Waals surface area contributed by atoms with Crippen molar-refractivity contribution in [3.63, 3.8) is 0 Å². The summed E-state index contributed by atoms with van der Waals surface area (Å²) in [6.07, 6.45) is 7.95. The molecule has 0 spiro atoms. The highest BCUT2D eigenvalue weighted by atomic mass is 16.5. The molecule has 0 N–H and O–H groups in total. The van der Waals surface area contributed by atoms with E-state index in [1.165, 1.54) is 0 Å². The van der Waals surface area contributed by atoms with Crippen LogP contribution >= 0.6 is 0 Å². The summed E-state index contributed by atoms with van der Waals surface area (Å²) in [5.41, 5.74) is 2.88. The van der Waals surface area contributed by atoms with Crippen LogP contribution in [0.4, 0.5) is 0 Å². The lowest BCUT2D eigenvalue weighted by Crippen LogP contribution is -1.98. The lowest BCUT2D eigenvalue weighted by Gasteiger charge is -2.10. The van der Waals surface area contributed by atoms with Crippen LogP contribution in [0, 0.1) is 0 Å². The molecule has 3 rings (SSSR count). The number of hydrogen-bond donors (Lipinski definition) is 0. The van der Waals surface area contributed by atoms with Gasteiger partial charge in [0, 0.05) is 12.4 Å². The molecule has 4 heteroatoms. The second kappa shape index (κ2) is 6.35. The second-order valence-corrected chi connectivity index (χ2v) is 4.90. The fourth-order valence-corrected chi connectivity index (χ4v) is 2.31. The molecule has 0 aliphatic carbocycles. The van der Waals surface area contributed by atoms with Crippen molar-refractivity contribution >= 4 is 11.7 Å². The first-order valence-electron chi connectivity index (χ1n) is 7.16. The molecule has 0 atom stereocenters. The van der Waals surface area contributed by atoms with E-state index < -0.39 is 0 Å². The molecule has 2 heterocycles. The number of hydrogen-bond acceptors (Lipinski definition) is 3. The normalized spacial score (nSPS) is 11.2. The van der Waals surface area contributed by atoms with E-state index in [2.05, 4.69) is 4.98 Å². The predicted octanol–water partition coefficient (Wildman–Crippen LogP) is 3.96. The van der Waals surface area contributed by atoms with Crippen LogP contribution in [0.25, 0.3) is 11.7 Å². The van der Waals surface area contributed by atoms with Gasteiger partial charge in [-0.2, -0.15) is 0 Å². The molecule has 0 radical (unpaired) electrons. The van der Waals surface area contributed by atoms with Crippen LogP contribution in [-0.4, -0.2) is 16.5 Å². The number of methoxy groups -OCH3 is 1. The van der Waals surface area contributed by atoms with Crippen LogP contribution in [0.3, 0.4) is 0 Å². The Balaban J connectivity index is 1.78. The Kier molecular flexibility index (Phi) is 4.10. The third-order valence-electron chi connectivity index (χ3n) is 3.34. The van der Waals surface area contributed by atoms with Crippen molar-refractivity contribution in [3.8, 4) is 11.5 Å². The minimum atomic E-state index is 0.404. The van der Waals surface area contributed by atoms with Gasteiger partial charge in [0.2, 0.25) is 0 Å². The number of pyridine rings is 1. The highest BCUT2D eigenvalue weighted by molar-refractivity contribution is 5.55. The van der Waals surface area contributed by atoms with Crippen molar-refractivity contribution in [2.75, 3.05) is 7.11 Å². The van der Waals surface area contributed by atoms with Crippen LogP contribution in [0.1, 0.15) is 18.2 Å². The van der Waals surface area contributed by atoms with Crippen LogP contribution < -0.4 is 9.47 Å². The van der Waals surface area contributed by atoms with Crippen LogP contribution in [-0.2, 0) is 6.61 Å². The molecule has 0 bridgehead atoms. The van der Waals surface area contributed by atoms with Crippen LogP contribution in [0.15, 0.2) is 54.9 Å². The third-order valence-corrected chi connectivity index (χ3v) is 3.34. The molecule has 22 heavy (non-hydrogen) atoms. The molecule has 3 aromatic rings. The Labute approximate surface area is 129 Å². The van der Waals surface area contributed by atoms with Crippen molar-refractivity contribution < 1.29 is 9.47 Å². The predicted molar refractivity (Wildman–Crippen MR) is 87.2 cm³/mol. The summed E-state index contributed by atoms with van der Waals surface area (Å²) in [6, 6.07) is 11.8. The molecular formula is C18H18N2O2. The molecule has 0 amide bonds. The summed E-state index contributed by atoms with van der Waals surface area (Å²) in [5.74, 6) is 1.44. The molecule has 1 aromatic carbocycles. The van der Waals surface area contributed by atoms with Crippen molar-refractivity contribution in [2.45, 2.75) is 13.5 Å². The summed E-state index contributed by atoms with van der Waals surface area (Å²) >= 11 is 0. The molecule has 0 aliphatic heterocycles. The van der Waals surface area contributed by atoms with Gasteiger partial charge >= 0.3 is 0 Å². The summed E-state index contributed by atoms with van der Waals surface area (Å²) in [4.78, 5) is 4.52. The van der Waals surface area contributed by atoms with Gasteiger partial charge in [0.1, 0.15) is 12.3 Å². The third kappa shape index (κ3) is 2.96. The fourth-order valence-electron chi connectivity index (χ4n) is 2.31. The number of allylic oxidation sites excluding steroid dienone is 1. The Morgan fingerprint density at radius 1 is 1.18 bits per heavy atom. The van der Waals surface area contributed by atoms with Crippen molar-refractivity contribution in [2.24, 2.45) is 0 Å². The van der Waals surface area contributed by atoms with Gasteiger partial charge in [0.25, 0.3) is 0 Å². The van der Waals surface area contributed by atoms with E-state index >= 15 is 0 Å². The van der Waals surface area contributed by atoms with E-state index in [4.69, 9.17) is 9.47 Å². The maximum absolute atomic E-state index is 5.85. The van der Waals surface area contributed by atoms with Gasteiger partial charge in [-0.1, -0.05) is 24.3 Å². The average Bonchev–Trinajstić information content (AvgIpc) is 2.96. The lowest BCUT2D eigenvalue weighted by atomic mass is 10.2. The standard InChI is InChI=1S/C18H18N2O2/c1-3-6-14-8-9-16(17(11-14)21-2)22-13-15-12-20-10-5-4-7-18(20)19-15/h3-12H,13H2,1-2H3. The van der Waals surface area contributed by atoms with E-state index in [-0.39, 0.29) is 0 Å². The highest BCUT2D eigenvalue weighted by Crippen LogP contribution is 2.29. The number of nitrogens with zero attached hydrogens (tertiary/aromatic N) is 2. The Morgan fingerprint density at radius 3 is 2.86 bits per heavy atom. The molecule has 112 valence electrons. The lowest BCUT2D eigenvalue weighted by molar-refractivity contribution is 0.281. The van der Waals surface area contributed by atoms with Gasteiger partial charge in [-0.05, 0) is 36.8 Å². The molecule has 2 aromatic heterocycles. The summed E-state index contributed by atoms with van der Waals surface area (Å²) in [5, 5.41) is 0. The number of benzene rings is 1. The molecule has 0 fully saturated rings. The molecule has 0 saturated carbocycles. The zero-order chi connectivity index (χ0) is 15.4.